The minimum atomic E-state index is -0.261. The molecule has 0 radical (unpaired) electrons. The molecule has 0 unspecified atom stereocenters. The van der Waals surface area contributed by atoms with Crippen molar-refractivity contribution in [1.29, 1.82) is 0 Å². The highest BCUT2D eigenvalue weighted by molar-refractivity contribution is 5.90. The van der Waals surface area contributed by atoms with Gasteiger partial charge in [0.05, 0.1) is 6.61 Å². The van der Waals surface area contributed by atoms with E-state index >= 15 is 0 Å². The Bertz CT molecular complexity index is 661. The topological polar surface area (TPSA) is 81.4 Å². The number of rotatable bonds is 3. The smallest absolute Gasteiger partial charge is 0.291 e. The summed E-state index contributed by atoms with van der Waals surface area (Å²) in [6, 6.07) is 1.91. The molecular formula is C14H19N5O2. The number of nitrogens with one attached hydrogen (secondary N) is 1. The van der Waals surface area contributed by atoms with Crippen LogP contribution in [-0.4, -0.2) is 45.2 Å². The minimum absolute atomic E-state index is 0.160. The molecule has 0 saturated carbocycles. The first-order chi connectivity index (χ1) is 10.1. The van der Waals surface area contributed by atoms with Crippen molar-refractivity contribution < 1.29 is 9.53 Å². The van der Waals surface area contributed by atoms with Gasteiger partial charge in [0.2, 0.25) is 5.82 Å². The number of carbonyl (C=O) groups is 1. The quantitative estimate of drug-likeness (QED) is 0.908. The first-order valence-corrected chi connectivity index (χ1v) is 7.20. The van der Waals surface area contributed by atoms with Gasteiger partial charge in [-0.2, -0.15) is 4.98 Å². The van der Waals surface area contributed by atoms with Crippen LogP contribution in [0.1, 0.15) is 34.8 Å². The Morgan fingerprint density at radius 1 is 1.48 bits per heavy atom. The highest BCUT2D eigenvalue weighted by Crippen LogP contribution is 2.12. The summed E-state index contributed by atoms with van der Waals surface area (Å²) in [7, 11) is 0. The van der Waals surface area contributed by atoms with Gasteiger partial charge in [-0.05, 0) is 38.7 Å². The van der Waals surface area contributed by atoms with E-state index in [0.29, 0.717) is 24.8 Å². The third-order valence-electron chi connectivity index (χ3n) is 3.63. The molecule has 0 spiro atoms. The fourth-order valence-corrected chi connectivity index (χ4v) is 2.55. The van der Waals surface area contributed by atoms with Crippen LogP contribution in [0.5, 0.6) is 0 Å². The van der Waals surface area contributed by atoms with E-state index in [4.69, 9.17) is 4.74 Å². The van der Waals surface area contributed by atoms with Gasteiger partial charge in [-0.15, -0.1) is 5.10 Å². The van der Waals surface area contributed by atoms with Crippen LogP contribution >= 0.6 is 0 Å². The van der Waals surface area contributed by atoms with Crippen LogP contribution < -0.4 is 5.32 Å². The van der Waals surface area contributed by atoms with Gasteiger partial charge >= 0.3 is 0 Å². The fourth-order valence-electron chi connectivity index (χ4n) is 2.55. The van der Waals surface area contributed by atoms with Gasteiger partial charge in [0.1, 0.15) is 0 Å². The van der Waals surface area contributed by atoms with Crippen molar-refractivity contribution in [2.24, 2.45) is 5.92 Å². The van der Waals surface area contributed by atoms with Crippen molar-refractivity contribution in [1.82, 2.24) is 24.9 Å². The number of nitrogens with zero attached hydrogens (tertiary/aromatic N) is 4. The summed E-state index contributed by atoms with van der Waals surface area (Å²) in [6.07, 6.45) is 2.13. The molecule has 0 aliphatic carbocycles. The zero-order valence-electron chi connectivity index (χ0n) is 12.3. The lowest BCUT2D eigenvalue weighted by Gasteiger charge is -2.21. The van der Waals surface area contributed by atoms with Crippen LogP contribution in [0.25, 0.3) is 5.78 Å². The molecule has 1 fully saturated rings. The number of fused-ring (bicyclic) bond motifs is 1. The van der Waals surface area contributed by atoms with E-state index < -0.39 is 0 Å². The van der Waals surface area contributed by atoms with Crippen molar-refractivity contribution in [2.75, 3.05) is 19.8 Å². The largest absolute Gasteiger partial charge is 0.381 e. The van der Waals surface area contributed by atoms with Gasteiger partial charge in [-0.1, -0.05) is 0 Å². The SMILES string of the molecule is Cc1cc(C)n2nc(C(=O)NC[C@@H]3CCCOC3)nc2n1. The second kappa shape index (κ2) is 5.77. The second-order valence-electron chi connectivity index (χ2n) is 5.48. The van der Waals surface area contributed by atoms with Gasteiger partial charge < -0.3 is 10.1 Å². The molecule has 3 heterocycles. The van der Waals surface area contributed by atoms with Gasteiger partial charge in [-0.3, -0.25) is 4.79 Å². The molecule has 7 nitrogen and oxygen atoms in total. The molecule has 3 rings (SSSR count). The van der Waals surface area contributed by atoms with Crippen LogP contribution in [0.2, 0.25) is 0 Å². The van der Waals surface area contributed by atoms with Crippen LogP contribution in [0.15, 0.2) is 6.07 Å². The predicted octanol–water partition coefficient (Wildman–Crippen LogP) is 0.898. The van der Waals surface area contributed by atoms with E-state index in [2.05, 4.69) is 20.4 Å². The van der Waals surface area contributed by atoms with Crippen molar-refractivity contribution in [3.8, 4) is 0 Å². The summed E-state index contributed by atoms with van der Waals surface area (Å²) in [5.74, 6) is 0.733. The standard InChI is InChI=1S/C14H19N5O2/c1-9-6-10(2)19-14(16-9)17-12(18-19)13(20)15-7-11-4-3-5-21-8-11/h6,11H,3-5,7-8H2,1-2H3,(H,15,20)/t11-/m0/s1. The van der Waals surface area contributed by atoms with E-state index in [0.717, 1.165) is 30.8 Å². The predicted molar refractivity (Wildman–Crippen MR) is 76.1 cm³/mol. The summed E-state index contributed by atoms with van der Waals surface area (Å²) in [6.45, 7) is 5.93. The van der Waals surface area contributed by atoms with E-state index in [9.17, 15) is 4.79 Å². The van der Waals surface area contributed by atoms with Gasteiger partial charge in [-0.25, -0.2) is 9.50 Å². The molecule has 0 bridgehead atoms. The van der Waals surface area contributed by atoms with Crippen molar-refractivity contribution in [3.05, 3.63) is 23.3 Å². The first kappa shape index (κ1) is 13.9. The number of aromatic nitrogens is 4. The molecule has 7 heteroatoms. The van der Waals surface area contributed by atoms with Crippen LogP contribution in [0.3, 0.4) is 0 Å². The fraction of sp³-hybridized carbons (Fsp3) is 0.571. The average Bonchev–Trinajstić information content (AvgIpc) is 2.90. The zero-order chi connectivity index (χ0) is 14.8. The lowest BCUT2D eigenvalue weighted by molar-refractivity contribution is 0.0535. The molecular weight excluding hydrogens is 270 g/mol. The summed E-state index contributed by atoms with van der Waals surface area (Å²) in [4.78, 5) is 20.6. The number of aryl methyl sites for hydroxylation is 2. The monoisotopic (exact) mass is 289 g/mol. The lowest BCUT2D eigenvalue weighted by atomic mass is 10.0. The Labute approximate surface area is 122 Å². The molecule has 0 aromatic carbocycles. The van der Waals surface area contributed by atoms with E-state index in [1.165, 1.54) is 0 Å². The maximum absolute atomic E-state index is 12.1. The number of hydrogen-bond acceptors (Lipinski definition) is 5. The molecule has 112 valence electrons. The molecule has 1 N–H and O–H groups in total. The molecule has 1 aliphatic rings. The Morgan fingerprint density at radius 3 is 3.10 bits per heavy atom. The van der Waals surface area contributed by atoms with Crippen molar-refractivity contribution in [3.63, 3.8) is 0 Å². The van der Waals surface area contributed by atoms with Crippen molar-refractivity contribution >= 4 is 11.7 Å². The number of carbonyl (C=O) groups excluding carboxylic acids is 1. The summed E-state index contributed by atoms with van der Waals surface area (Å²) < 4.78 is 6.99. The Morgan fingerprint density at radius 2 is 2.33 bits per heavy atom. The zero-order valence-corrected chi connectivity index (χ0v) is 12.3. The minimum Gasteiger partial charge on any atom is -0.381 e. The molecule has 2 aromatic rings. The molecule has 1 atom stereocenters. The molecule has 1 amide bonds. The summed E-state index contributed by atoms with van der Waals surface area (Å²) in [5.41, 5.74) is 1.77. The second-order valence-corrected chi connectivity index (χ2v) is 5.48. The van der Waals surface area contributed by atoms with Crippen molar-refractivity contribution in [2.45, 2.75) is 26.7 Å². The van der Waals surface area contributed by atoms with Crippen LogP contribution in [0.4, 0.5) is 0 Å². The lowest BCUT2D eigenvalue weighted by Crippen LogP contribution is -2.33. The third-order valence-corrected chi connectivity index (χ3v) is 3.63. The third kappa shape index (κ3) is 3.02. The molecule has 1 aliphatic heterocycles. The Hall–Kier alpha value is -2.02. The molecule has 2 aromatic heterocycles. The highest BCUT2D eigenvalue weighted by atomic mass is 16.5. The Kier molecular flexibility index (Phi) is 3.83. The molecule has 1 saturated heterocycles. The van der Waals surface area contributed by atoms with E-state index in [-0.39, 0.29) is 11.7 Å². The number of hydrogen-bond donors (Lipinski definition) is 1. The van der Waals surface area contributed by atoms with Crippen LogP contribution in [0, 0.1) is 19.8 Å². The summed E-state index contributed by atoms with van der Waals surface area (Å²) in [5, 5.41) is 7.10. The van der Waals surface area contributed by atoms with E-state index in [1.54, 1.807) is 4.52 Å². The van der Waals surface area contributed by atoms with Gasteiger partial charge in [0, 0.05) is 24.5 Å². The number of amides is 1. The number of ether oxygens (including phenoxy) is 1. The van der Waals surface area contributed by atoms with E-state index in [1.807, 2.05) is 19.9 Å². The van der Waals surface area contributed by atoms with Gasteiger partial charge in [0.15, 0.2) is 0 Å². The first-order valence-electron chi connectivity index (χ1n) is 7.20. The normalized spacial score (nSPS) is 18.9. The maximum Gasteiger partial charge on any atom is 0.291 e. The molecule has 21 heavy (non-hydrogen) atoms. The highest BCUT2D eigenvalue weighted by Gasteiger charge is 2.18. The Balaban J connectivity index is 1.71. The average molecular weight is 289 g/mol. The summed E-state index contributed by atoms with van der Waals surface area (Å²) >= 11 is 0. The van der Waals surface area contributed by atoms with Gasteiger partial charge in [0.25, 0.3) is 11.7 Å². The maximum atomic E-state index is 12.1. The van der Waals surface area contributed by atoms with Crippen LogP contribution in [-0.2, 0) is 4.74 Å².